The van der Waals surface area contributed by atoms with Gasteiger partial charge < -0.3 is 14.7 Å². The summed E-state index contributed by atoms with van der Waals surface area (Å²) in [6, 6.07) is 2.03. The minimum atomic E-state index is 0.906. The smallest absolute Gasteiger partial charge is 0.227 e. The fourth-order valence-corrected chi connectivity index (χ4v) is 2.62. The molecule has 0 N–H and O–H groups in total. The highest BCUT2D eigenvalue weighted by Crippen LogP contribution is 2.19. The summed E-state index contributed by atoms with van der Waals surface area (Å²) in [6.07, 6.45) is 4.43. The molecule has 2 aliphatic heterocycles. The van der Waals surface area contributed by atoms with Crippen LogP contribution in [0.1, 0.15) is 12.8 Å². The molecule has 0 spiro atoms. The molecule has 0 atom stereocenters. The number of anilines is 2. The number of nitrogens with zero attached hydrogens (tertiary/aromatic N) is 5. The van der Waals surface area contributed by atoms with E-state index >= 15 is 0 Å². The van der Waals surface area contributed by atoms with Crippen molar-refractivity contribution < 1.29 is 0 Å². The molecular weight excluding hydrogens is 226 g/mol. The van der Waals surface area contributed by atoms with Crippen LogP contribution in [-0.2, 0) is 0 Å². The van der Waals surface area contributed by atoms with Crippen LogP contribution in [0.4, 0.5) is 11.8 Å². The molecule has 5 nitrogen and oxygen atoms in total. The largest absolute Gasteiger partial charge is 0.354 e. The maximum Gasteiger partial charge on any atom is 0.227 e. The van der Waals surface area contributed by atoms with Gasteiger partial charge >= 0.3 is 0 Å². The number of hydrogen-bond acceptors (Lipinski definition) is 5. The number of piperazine rings is 1. The monoisotopic (exact) mass is 247 g/mol. The molecule has 3 rings (SSSR count). The number of likely N-dealkylation sites (N-methyl/N-ethyl adjacent to an activating group) is 1. The third-order valence-electron chi connectivity index (χ3n) is 3.84. The van der Waals surface area contributed by atoms with Crippen LogP contribution in [0.25, 0.3) is 0 Å². The summed E-state index contributed by atoms with van der Waals surface area (Å²) in [6.45, 7) is 6.56. The molecule has 18 heavy (non-hydrogen) atoms. The first-order chi connectivity index (χ1) is 8.83. The van der Waals surface area contributed by atoms with Crippen molar-refractivity contribution in [2.75, 3.05) is 56.1 Å². The van der Waals surface area contributed by atoms with Crippen molar-refractivity contribution in [3.05, 3.63) is 12.3 Å². The normalized spacial score (nSPS) is 21.6. The highest BCUT2D eigenvalue weighted by molar-refractivity contribution is 5.44. The minimum absolute atomic E-state index is 0.906. The lowest BCUT2D eigenvalue weighted by molar-refractivity contribution is 0.312. The van der Waals surface area contributed by atoms with Gasteiger partial charge in [0.25, 0.3) is 0 Å². The Balaban J connectivity index is 1.74. The van der Waals surface area contributed by atoms with Gasteiger partial charge in [-0.25, -0.2) is 4.98 Å². The van der Waals surface area contributed by atoms with Crippen molar-refractivity contribution in [1.29, 1.82) is 0 Å². The standard InChI is InChI=1S/C13H21N5/c1-16-8-10-17(11-9-16)12-4-5-14-13(15-12)18-6-2-3-7-18/h4-5H,2-3,6-11H2,1H3. The number of rotatable bonds is 2. The summed E-state index contributed by atoms with van der Waals surface area (Å²) in [4.78, 5) is 16.1. The van der Waals surface area contributed by atoms with Crippen molar-refractivity contribution in [3.63, 3.8) is 0 Å². The summed E-state index contributed by atoms with van der Waals surface area (Å²) in [5, 5.41) is 0. The van der Waals surface area contributed by atoms with Crippen LogP contribution in [0.15, 0.2) is 12.3 Å². The van der Waals surface area contributed by atoms with Gasteiger partial charge in [-0.3, -0.25) is 0 Å². The quantitative estimate of drug-likeness (QED) is 0.773. The third-order valence-corrected chi connectivity index (χ3v) is 3.84. The van der Waals surface area contributed by atoms with E-state index in [1.54, 1.807) is 0 Å². The fourth-order valence-electron chi connectivity index (χ4n) is 2.62. The molecule has 0 amide bonds. The Labute approximate surface area is 108 Å². The summed E-state index contributed by atoms with van der Waals surface area (Å²) < 4.78 is 0. The van der Waals surface area contributed by atoms with Crippen molar-refractivity contribution in [3.8, 4) is 0 Å². The molecule has 5 heteroatoms. The zero-order valence-electron chi connectivity index (χ0n) is 11.0. The van der Waals surface area contributed by atoms with E-state index < -0.39 is 0 Å². The van der Waals surface area contributed by atoms with Gasteiger partial charge in [-0.2, -0.15) is 4.98 Å². The summed E-state index contributed by atoms with van der Waals surface area (Å²) in [5.41, 5.74) is 0. The molecule has 0 aromatic carbocycles. The summed E-state index contributed by atoms with van der Waals surface area (Å²) in [7, 11) is 2.17. The van der Waals surface area contributed by atoms with Gasteiger partial charge in [-0.05, 0) is 26.0 Å². The van der Waals surface area contributed by atoms with E-state index in [0.717, 1.165) is 51.0 Å². The Bertz CT molecular complexity index is 394. The number of hydrogen-bond donors (Lipinski definition) is 0. The lowest BCUT2D eigenvalue weighted by atomic mass is 10.3. The maximum absolute atomic E-state index is 4.73. The van der Waals surface area contributed by atoms with Crippen LogP contribution >= 0.6 is 0 Å². The van der Waals surface area contributed by atoms with Crippen LogP contribution in [0.3, 0.4) is 0 Å². The summed E-state index contributed by atoms with van der Waals surface area (Å²) in [5.74, 6) is 1.99. The fraction of sp³-hybridized carbons (Fsp3) is 0.692. The van der Waals surface area contributed by atoms with Crippen LogP contribution in [0.5, 0.6) is 0 Å². The first-order valence-electron chi connectivity index (χ1n) is 6.84. The Kier molecular flexibility index (Phi) is 3.32. The molecule has 0 unspecified atom stereocenters. The van der Waals surface area contributed by atoms with Gasteiger partial charge in [0.05, 0.1) is 0 Å². The Morgan fingerprint density at radius 2 is 1.67 bits per heavy atom. The van der Waals surface area contributed by atoms with Crippen molar-refractivity contribution in [1.82, 2.24) is 14.9 Å². The van der Waals surface area contributed by atoms with Crippen LogP contribution in [0, 0.1) is 0 Å². The Morgan fingerprint density at radius 3 is 2.39 bits per heavy atom. The Hall–Kier alpha value is -1.36. The SMILES string of the molecule is CN1CCN(c2ccnc(N3CCCC3)n2)CC1. The second kappa shape index (κ2) is 5.10. The van der Waals surface area contributed by atoms with Gasteiger partial charge in [0, 0.05) is 45.5 Å². The molecule has 1 aromatic heterocycles. The molecular formula is C13H21N5. The molecule has 98 valence electrons. The zero-order valence-corrected chi connectivity index (χ0v) is 11.0. The predicted molar refractivity (Wildman–Crippen MR) is 73.2 cm³/mol. The molecule has 1 aromatic rings. The van der Waals surface area contributed by atoms with Gasteiger partial charge in [0.15, 0.2) is 0 Å². The highest BCUT2D eigenvalue weighted by Gasteiger charge is 2.18. The molecule has 3 heterocycles. The third kappa shape index (κ3) is 2.41. The Morgan fingerprint density at radius 1 is 0.944 bits per heavy atom. The average Bonchev–Trinajstić information content (AvgIpc) is 2.94. The first kappa shape index (κ1) is 11.7. The summed E-state index contributed by atoms with van der Waals surface area (Å²) >= 11 is 0. The van der Waals surface area contributed by atoms with Crippen LogP contribution < -0.4 is 9.80 Å². The second-order valence-electron chi connectivity index (χ2n) is 5.20. The molecule has 2 saturated heterocycles. The van der Waals surface area contributed by atoms with E-state index in [2.05, 4.69) is 26.7 Å². The zero-order chi connectivity index (χ0) is 12.4. The molecule has 0 radical (unpaired) electrons. The molecule has 0 bridgehead atoms. The average molecular weight is 247 g/mol. The molecule has 0 aliphatic carbocycles. The van der Waals surface area contributed by atoms with Crippen LogP contribution in [0.2, 0.25) is 0 Å². The first-order valence-corrected chi connectivity index (χ1v) is 6.84. The van der Waals surface area contributed by atoms with Crippen molar-refractivity contribution in [2.45, 2.75) is 12.8 Å². The van der Waals surface area contributed by atoms with Crippen molar-refractivity contribution >= 4 is 11.8 Å². The predicted octanol–water partition coefficient (Wildman–Crippen LogP) is 0.829. The molecule has 2 fully saturated rings. The van der Waals surface area contributed by atoms with Gasteiger partial charge in [-0.15, -0.1) is 0 Å². The lowest BCUT2D eigenvalue weighted by Crippen LogP contribution is -2.44. The maximum atomic E-state index is 4.73. The topological polar surface area (TPSA) is 35.5 Å². The molecule has 2 aliphatic rings. The van der Waals surface area contributed by atoms with E-state index in [9.17, 15) is 0 Å². The number of aromatic nitrogens is 2. The minimum Gasteiger partial charge on any atom is -0.354 e. The van der Waals surface area contributed by atoms with Crippen molar-refractivity contribution in [2.24, 2.45) is 0 Å². The van der Waals surface area contributed by atoms with E-state index in [4.69, 9.17) is 4.98 Å². The highest BCUT2D eigenvalue weighted by atomic mass is 15.3. The van der Waals surface area contributed by atoms with Gasteiger partial charge in [0.1, 0.15) is 5.82 Å². The van der Waals surface area contributed by atoms with E-state index in [0.29, 0.717) is 0 Å². The molecule has 0 saturated carbocycles. The van der Waals surface area contributed by atoms with E-state index in [1.807, 2.05) is 12.3 Å². The van der Waals surface area contributed by atoms with E-state index in [-0.39, 0.29) is 0 Å². The van der Waals surface area contributed by atoms with Gasteiger partial charge in [0.2, 0.25) is 5.95 Å². The lowest BCUT2D eigenvalue weighted by Gasteiger charge is -2.33. The van der Waals surface area contributed by atoms with E-state index in [1.165, 1.54) is 12.8 Å². The van der Waals surface area contributed by atoms with Gasteiger partial charge in [-0.1, -0.05) is 0 Å². The van der Waals surface area contributed by atoms with Crippen LogP contribution in [-0.4, -0.2) is 61.2 Å². The second-order valence-corrected chi connectivity index (χ2v) is 5.20.